The zero-order chi connectivity index (χ0) is 31.3. The number of hydrogen-bond acceptors (Lipinski definition) is 5. The molecule has 3 aliphatic heterocycles. The number of benzene rings is 1. The second-order valence-electron chi connectivity index (χ2n) is 9.83. The molecule has 0 spiro atoms. The van der Waals surface area contributed by atoms with E-state index < -0.39 is 28.7 Å². The lowest BCUT2D eigenvalue weighted by molar-refractivity contribution is 0.0752. The number of likely N-dealkylation sites (tertiary alicyclic amines) is 1. The van der Waals surface area contributed by atoms with E-state index in [0.717, 1.165) is 37.2 Å². The van der Waals surface area contributed by atoms with Gasteiger partial charge in [0.2, 0.25) is 0 Å². The Morgan fingerprint density at radius 3 is 1.65 bits per heavy atom. The molecular formula is C29H56F2N4O4S. The second kappa shape index (κ2) is 24.0. The van der Waals surface area contributed by atoms with Gasteiger partial charge in [-0.2, -0.15) is 0 Å². The standard InChI is InChI=1S/C10H11F2NO2S.C7H14N2O2.C4H9N.C4H10.2C2H6/c11-8-5-9(12)7-10(6-8)16(14)13-1-3-15-4-2-13;1-5-3-8-4-6(2)9(5)7(10)11;1-5-3-2-4-5;1-4(2)3;2*1-2/h5-7H,1-4H2;5-6,8H,3-4H2,1-2H3,(H,10,11);2-4H2,1H3;4H,1-3H3;2*1-2H3. The first-order chi connectivity index (χ1) is 18.9. The molecule has 3 heterocycles. The number of nitrogens with one attached hydrogen (secondary N) is 1. The number of carboxylic acid groups (broad SMARTS) is 1. The van der Waals surface area contributed by atoms with Gasteiger partial charge >= 0.3 is 6.09 Å². The van der Waals surface area contributed by atoms with Crippen LogP contribution >= 0.6 is 0 Å². The minimum absolute atomic E-state index is 0.0937. The van der Waals surface area contributed by atoms with Gasteiger partial charge in [-0.3, -0.25) is 0 Å². The Morgan fingerprint density at radius 1 is 0.950 bits per heavy atom. The van der Waals surface area contributed by atoms with E-state index in [1.807, 2.05) is 41.5 Å². The Bertz CT molecular complexity index is 777. The molecule has 2 N–H and O–H groups in total. The van der Waals surface area contributed by atoms with Gasteiger partial charge in [0.1, 0.15) is 22.6 Å². The fraction of sp³-hybridized carbons (Fsp3) is 0.759. The van der Waals surface area contributed by atoms with Crippen molar-refractivity contribution in [2.75, 3.05) is 59.5 Å². The molecule has 3 saturated heterocycles. The monoisotopic (exact) mass is 594 g/mol. The van der Waals surface area contributed by atoms with Crippen LogP contribution in [0.15, 0.2) is 23.1 Å². The summed E-state index contributed by atoms with van der Waals surface area (Å²) in [5, 5.41) is 11.9. The SMILES string of the molecule is CC.CC.CC(C)C.CC1CNCC(C)N1C(=O)O.CN1CCC1.O=S(c1cc(F)cc(F)c1)N1CCOCC1. The van der Waals surface area contributed by atoms with Crippen LogP contribution in [0.1, 0.15) is 68.7 Å². The van der Waals surface area contributed by atoms with Crippen LogP contribution in [0, 0.1) is 17.6 Å². The molecule has 0 saturated carbocycles. The molecule has 1 aromatic carbocycles. The zero-order valence-corrected chi connectivity index (χ0v) is 27.3. The summed E-state index contributed by atoms with van der Waals surface area (Å²) >= 11 is 0. The first kappa shape index (κ1) is 40.5. The first-order valence-electron chi connectivity index (χ1n) is 14.5. The van der Waals surface area contributed by atoms with E-state index in [0.29, 0.717) is 26.3 Å². The number of carbonyl (C=O) groups is 1. The Balaban J connectivity index is 0. The van der Waals surface area contributed by atoms with E-state index in [1.165, 1.54) is 24.4 Å². The highest BCUT2D eigenvalue weighted by molar-refractivity contribution is 7.82. The molecule has 8 nitrogen and oxygen atoms in total. The van der Waals surface area contributed by atoms with E-state index >= 15 is 0 Å². The van der Waals surface area contributed by atoms with Gasteiger partial charge in [0, 0.05) is 44.3 Å². The summed E-state index contributed by atoms with van der Waals surface area (Å²) < 4.78 is 44.6. The molecule has 0 bridgehead atoms. The smallest absolute Gasteiger partial charge is 0.407 e. The summed E-state index contributed by atoms with van der Waals surface area (Å²) in [7, 11) is 0.625. The number of amides is 1. The molecule has 40 heavy (non-hydrogen) atoms. The third-order valence-corrected chi connectivity index (χ3v) is 6.85. The van der Waals surface area contributed by atoms with Crippen molar-refractivity contribution in [3.63, 3.8) is 0 Å². The van der Waals surface area contributed by atoms with E-state index in [2.05, 4.69) is 38.0 Å². The third-order valence-electron chi connectivity index (χ3n) is 5.37. The summed E-state index contributed by atoms with van der Waals surface area (Å²) in [6, 6.07) is 3.14. The average molecular weight is 595 g/mol. The maximum absolute atomic E-state index is 12.9. The molecule has 3 unspecified atom stereocenters. The number of ether oxygens (including phenoxy) is 1. The Kier molecular flexibility index (Phi) is 24.3. The molecular weight excluding hydrogens is 538 g/mol. The fourth-order valence-corrected chi connectivity index (χ4v) is 4.68. The highest BCUT2D eigenvalue weighted by Gasteiger charge is 2.28. The van der Waals surface area contributed by atoms with Crippen LogP contribution in [0.25, 0.3) is 0 Å². The number of piperazine rings is 1. The van der Waals surface area contributed by atoms with Gasteiger partial charge in [0.15, 0.2) is 0 Å². The highest BCUT2D eigenvalue weighted by Crippen LogP contribution is 2.16. The van der Waals surface area contributed by atoms with Gasteiger partial charge in [-0.25, -0.2) is 22.1 Å². The maximum atomic E-state index is 12.9. The minimum atomic E-state index is -1.52. The predicted octanol–water partition coefficient (Wildman–Crippen LogP) is 5.70. The zero-order valence-electron chi connectivity index (χ0n) is 26.5. The Labute approximate surface area is 245 Å². The highest BCUT2D eigenvalue weighted by atomic mass is 32.2. The van der Waals surface area contributed by atoms with Crippen LogP contribution in [0.2, 0.25) is 0 Å². The molecule has 0 radical (unpaired) electrons. The molecule has 236 valence electrons. The van der Waals surface area contributed by atoms with Crippen LogP contribution in [-0.4, -0.2) is 101 Å². The molecule has 4 rings (SSSR count). The van der Waals surface area contributed by atoms with E-state index in [4.69, 9.17) is 9.84 Å². The van der Waals surface area contributed by atoms with Gasteiger partial charge in [0.05, 0.1) is 18.1 Å². The number of nitrogens with zero attached hydrogens (tertiary/aromatic N) is 3. The summed E-state index contributed by atoms with van der Waals surface area (Å²) in [6.07, 6.45) is 0.600. The second-order valence-corrected chi connectivity index (χ2v) is 11.3. The summed E-state index contributed by atoms with van der Waals surface area (Å²) in [5.74, 6) is -0.590. The molecule has 1 amide bonds. The van der Waals surface area contributed by atoms with Crippen molar-refractivity contribution in [1.82, 2.24) is 19.4 Å². The van der Waals surface area contributed by atoms with Gasteiger partial charge in [-0.1, -0.05) is 48.5 Å². The number of halogens is 2. The van der Waals surface area contributed by atoms with Gasteiger partial charge < -0.3 is 25.0 Å². The van der Waals surface area contributed by atoms with E-state index in [9.17, 15) is 17.8 Å². The van der Waals surface area contributed by atoms with Crippen molar-refractivity contribution >= 4 is 17.1 Å². The van der Waals surface area contributed by atoms with Crippen molar-refractivity contribution in [2.45, 2.75) is 85.7 Å². The van der Waals surface area contributed by atoms with Crippen LogP contribution in [0.3, 0.4) is 0 Å². The predicted molar refractivity (Wildman–Crippen MR) is 162 cm³/mol. The van der Waals surface area contributed by atoms with Crippen LogP contribution in [-0.2, 0) is 15.7 Å². The van der Waals surface area contributed by atoms with E-state index in [-0.39, 0.29) is 17.0 Å². The number of hydrogen-bond donors (Lipinski definition) is 2. The van der Waals surface area contributed by atoms with Crippen molar-refractivity contribution in [1.29, 1.82) is 0 Å². The van der Waals surface area contributed by atoms with Gasteiger partial charge in [-0.05, 0) is 58.5 Å². The van der Waals surface area contributed by atoms with Crippen LogP contribution < -0.4 is 5.32 Å². The van der Waals surface area contributed by atoms with Gasteiger partial charge in [-0.15, -0.1) is 0 Å². The summed E-state index contributed by atoms with van der Waals surface area (Å²) in [4.78, 5) is 14.6. The fourth-order valence-electron chi connectivity index (χ4n) is 3.47. The number of morpholine rings is 1. The van der Waals surface area contributed by atoms with Crippen LogP contribution in [0.4, 0.5) is 13.6 Å². The van der Waals surface area contributed by atoms with E-state index in [1.54, 1.807) is 4.31 Å². The molecule has 3 aliphatic rings. The molecule has 11 heteroatoms. The van der Waals surface area contributed by atoms with Crippen molar-refractivity contribution < 1.29 is 27.6 Å². The number of rotatable bonds is 2. The lowest BCUT2D eigenvalue weighted by atomic mass is 10.1. The topological polar surface area (TPSA) is 85.4 Å². The van der Waals surface area contributed by atoms with Crippen molar-refractivity contribution in [3.05, 3.63) is 29.8 Å². The summed E-state index contributed by atoms with van der Waals surface area (Å²) in [5.41, 5.74) is 0. The van der Waals surface area contributed by atoms with Crippen molar-refractivity contribution in [3.8, 4) is 0 Å². The molecule has 3 atom stereocenters. The molecule has 0 aromatic heterocycles. The minimum Gasteiger partial charge on any atom is -0.465 e. The largest absolute Gasteiger partial charge is 0.465 e. The normalized spacial score (nSPS) is 21.1. The quantitative estimate of drug-likeness (QED) is 0.457. The lowest BCUT2D eigenvalue weighted by Gasteiger charge is -2.37. The maximum Gasteiger partial charge on any atom is 0.407 e. The first-order valence-corrected chi connectivity index (χ1v) is 15.6. The molecule has 3 fully saturated rings. The van der Waals surface area contributed by atoms with Crippen LogP contribution in [0.5, 0.6) is 0 Å². The summed E-state index contributed by atoms with van der Waals surface area (Å²) in [6.45, 7) is 24.5. The lowest BCUT2D eigenvalue weighted by Crippen LogP contribution is -2.56. The third kappa shape index (κ3) is 17.9. The molecule has 0 aliphatic carbocycles. The van der Waals surface area contributed by atoms with Gasteiger partial charge in [0.25, 0.3) is 0 Å². The van der Waals surface area contributed by atoms with Crippen molar-refractivity contribution in [2.24, 2.45) is 5.92 Å². The average Bonchev–Trinajstić information content (AvgIpc) is 2.89. The Hall–Kier alpha value is -1.66. The molecule has 1 aromatic rings. The Morgan fingerprint density at radius 2 is 1.35 bits per heavy atom.